The van der Waals surface area contributed by atoms with E-state index >= 15 is 0 Å². The Bertz CT molecular complexity index is 196. The van der Waals surface area contributed by atoms with Crippen LogP contribution in [0.15, 0.2) is 23.9 Å². The molecule has 0 radical (unpaired) electrons. The predicted molar refractivity (Wildman–Crippen MR) is 40.7 cm³/mol. The standard InChI is InChI=1S/C7H11NO3/c1-5(4-7(9)10)6(2)8-11-3/h4,8H,2H2,1,3H3,(H,9,10). The lowest BCUT2D eigenvalue weighted by atomic mass is 10.2. The molecular formula is C7H11NO3. The number of hydrogen-bond donors (Lipinski definition) is 2. The van der Waals surface area contributed by atoms with Gasteiger partial charge in [-0.15, -0.1) is 0 Å². The molecule has 0 fully saturated rings. The molecular weight excluding hydrogens is 146 g/mol. The lowest BCUT2D eigenvalue weighted by molar-refractivity contribution is -0.131. The number of carboxylic acid groups (broad SMARTS) is 1. The molecule has 0 saturated heterocycles. The Morgan fingerprint density at radius 3 is 2.64 bits per heavy atom. The van der Waals surface area contributed by atoms with Gasteiger partial charge in [-0.3, -0.25) is 10.3 Å². The normalized spacial score (nSPS) is 10.9. The van der Waals surface area contributed by atoms with Crippen molar-refractivity contribution in [3.05, 3.63) is 23.9 Å². The topological polar surface area (TPSA) is 58.6 Å². The fourth-order valence-corrected chi connectivity index (χ4v) is 0.476. The van der Waals surface area contributed by atoms with Crippen LogP contribution in [0.5, 0.6) is 0 Å². The van der Waals surface area contributed by atoms with Gasteiger partial charge in [-0.25, -0.2) is 4.79 Å². The quantitative estimate of drug-likeness (QED) is 0.358. The summed E-state index contributed by atoms with van der Waals surface area (Å²) < 4.78 is 0. The summed E-state index contributed by atoms with van der Waals surface area (Å²) in [5, 5.41) is 8.31. The molecule has 4 nitrogen and oxygen atoms in total. The zero-order valence-corrected chi connectivity index (χ0v) is 6.55. The smallest absolute Gasteiger partial charge is 0.328 e. The number of aliphatic carboxylic acids is 1. The Morgan fingerprint density at radius 2 is 2.27 bits per heavy atom. The van der Waals surface area contributed by atoms with Gasteiger partial charge >= 0.3 is 5.97 Å². The second-order valence-electron chi connectivity index (χ2n) is 1.95. The zero-order chi connectivity index (χ0) is 8.85. The van der Waals surface area contributed by atoms with Crippen LogP contribution in [0.4, 0.5) is 0 Å². The molecule has 0 rings (SSSR count). The first-order valence-corrected chi connectivity index (χ1v) is 2.97. The Kier molecular flexibility index (Phi) is 3.98. The third-order valence-electron chi connectivity index (χ3n) is 1.04. The van der Waals surface area contributed by atoms with Gasteiger partial charge in [-0.05, 0) is 12.5 Å². The first-order valence-electron chi connectivity index (χ1n) is 2.97. The monoisotopic (exact) mass is 157 g/mol. The van der Waals surface area contributed by atoms with E-state index in [1.807, 2.05) is 0 Å². The van der Waals surface area contributed by atoms with E-state index in [9.17, 15) is 4.79 Å². The first-order chi connectivity index (χ1) is 5.07. The second kappa shape index (κ2) is 4.51. The maximum Gasteiger partial charge on any atom is 0.328 e. The van der Waals surface area contributed by atoms with E-state index in [4.69, 9.17) is 5.11 Å². The number of rotatable bonds is 4. The average molecular weight is 157 g/mol. The number of hydrogen-bond acceptors (Lipinski definition) is 3. The Labute approximate surface area is 65.1 Å². The van der Waals surface area contributed by atoms with E-state index in [-0.39, 0.29) is 0 Å². The molecule has 0 aromatic carbocycles. The van der Waals surface area contributed by atoms with Crippen molar-refractivity contribution < 1.29 is 14.7 Å². The van der Waals surface area contributed by atoms with E-state index in [0.29, 0.717) is 11.3 Å². The predicted octanol–water partition coefficient (Wildman–Crippen LogP) is 0.682. The van der Waals surface area contributed by atoms with Gasteiger partial charge in [0.2, 0.25) is 0 Å². The number of allylic oxidation sites excluding steroid dienone is 1. The highest BCUT2D eigenvalue weighted by atomic mass is 16.6. The third kappa shape index (κ3) is 4.16. The van der Waals surface area contributed by atoms with Crippen molar-refractivity contribution in [2.24, 2.45) is 0 Å². The number of nitrogens with one attached hydrogen (secondary N) is 1. The highest BCUT2D eigenvalue weighted by molar-refractivity contribution is 5.81. The minimum atomic E-state index is -0.999. The van der Waals surface area contributed by atoms with Gasteiger partial charge in [0, 0.05) is 6.08 Å². The fraction of sp³-hybridized carbons (Fsp3) is 0.286. The largest absolute Gasteiger partial charge is 0.478 e. The maximum atomic E-state index is 10.1. The molecule has 11 heavy (non-hydrogen) atoms. The SMILES string of the molecule is C=C(NOC)C(C)=CC(=O)O. The maximum absolute atomic E-state index is 10.1. The van der Waals surface area contributed by atoms with Crippen molar-refractivity contribution in [3.63, 3.8) is 0 Å². The van der Waals surface area contributed by atoms with Crippen LogP contribution < -0.4 is 5.48 Å². The molecule has 0 aliphatic carbocycles. The van der Waals surface area contributed by atoms with Crippen molar-refractivity contribution >= 4 is 5.97 Å². The van der Waals surface area contributed by atoms with Crippen LogP contribution in [0.2, 0.25) is 0 Å². The minimum absolute atomic E-state index is 0.440. The van der Waals surface area contributed by atoms with Gasteiger partial charge in [0.25, 0.3) is 0 Å². The van der Waals surface area contributed by atoms with Gasteiger partial charge in [0.05, 0.1) is 12.8 Å². The van der Waals surface area contributed by atoms with Crippen LogP contribution in [0.25, 0.3) is 0 Å². The van der Waals surface area contributed by atoms with Crippen LogP contribution in [0.3, 0.4) is 0 Å². The summed E-state index contributed by atoms with van der Waals surface area (Å²) >= 11 is 0. The first kappa shape index (κ1) is 9.71. The molecule has 0 saturated carbocycles. The second-order valence-corrected chi connectivity index (χ2v) is 1.95. The molecule has 0 bridgehead atoms. The molecule has 2 N–H and O–H groups in total. The lowest BCUT2D eigenvalue weighted by Crippen LogP contribution is -2.11. The van der Waals surface area contributed by atoms with E-state index in [1.165, 1.54) is 7.11 Å². The molecule has 0 spiro atoms. The summed E-state index contributed by atoms with van der Waals surface area (Å²) in [6.07, 6.45) is 1.05. The summed E-state index contributed by atoms with van der Waals surface area (Å²) in [5.74, 6) is -0.999. The van der Waals surface area contributed by atoms with Crippen molar-refractivity contribution in [1.82, 2.24) is 5.48 Å². The van der Waals surface area contributed by atoms with Crippen LogP contribution in [0.1, 0.15) is 6.92 Å². The molecule has 0 unspecified atom stereocenters. The molecule has 0 aromatic rings. The van der Waals surface area contributed by atoms with Crippen LogP contribution in [-0.2, 0) is 9.63 Å². The summed E-state index contributed by atoms with van der Waals surface area (Å²) in [7, 11) is 1.43. The van der Waals surface area contributed by atoms with Crippen LogP contribution in [0, 0.1) is 0 Å². The van der Waals surface area contributed by atoms with Crippen LogP contribution >= 0.6 is 0 Å². The minimum Gasteiger partial charge on any atom is -0.478 e. The Balaban J connectivity index is 4.12. The summed E-state index contributed by atoms with van der Waals surface area (Å²) in [6, 6.07) is 0. The molecule has 0 aliphatic heterocycles. The van der Waals surface area contributed by atoms with Gasteiger partial charge in [-0.1, -0.05) is 6.58 Å². The van der Waals surface area contributed by atoms with Gasteiger partial charge in [0.15, 0.2) is 0 Å². The molecule has 0 amide bonds. The number of carboxylic acids is 1. The highest BCUT2D eigenvalue weighted by Gasteiger charge is 1.97. The highest BCUT2D eigenvalue weighted by Crippen LogP contribution is 2.01. The number of hydroxylamine groups is 1. The molecule has 0 aromatic heterocycles. The summed E-state index contributed by atoms with van der Waals surface area (Å²) in [4.78, 5) is 14.7. The zero-order valence-electron chi connectivity index (χ0n) is 6.55. The van der Waals surface area contributed by atoms with Crippen molar-refractivity contribution in [2.45, 2.75) is 6.92 Å². The molecule has 0 heterocycles. The fourth-order valence-electron chi connectivity index (χ4n) is 0.476. The summed E-state index contributed by atoms with van der Waals surface area (Å²) in [6.45, 7) is 5.16. The molecule has 62 valence electrons. The van der Waals surface area contributed by atoms with Crippen molar-refractivity contribution in [1.29, 1.82) is 0 Å². The third-order valence-corrected chi connectivity index (χ3v) is 1.04. The average Bonchev–Trinajstić information content (AvgIpc) is 1.86. The van der Waals surface area contributed by atoms with E-state index in [2.05, 4.69) is 16.9 Å². The van der Waals surface area contributed by atoms with Gasteiger partial charge < -0.3 is 5.11 Å². The molecule has 0 atom stereocenters. The number of carbonyl (C=O) groups is 1. The van der Waals surface area contributed by atoms with Gasteiger partial charge in [-0.2, -0.15) is 0 Å². The van der Waals surface area contributed by atoms with E-state index in [0.717, 1.165) is 6.08 Å². The van der Waals surface area contributed by atoms with E-state index < -0.39 is 5.97 Å². The lowest BCUT2D eigenvalue weighted by Gasteiger charge is -2.05. The molecule has 0 aliphatic rings. The Morgan fingerprint density at radius 1 is 1.73 bits per heavy atom. The van der Waals surface area contributed by atoms with Crippen molar-refractivity contribution in [2.75, 3.05) is 7.11 Å². The van der Waals surface area contributed by atoms with Crippen molar-refractivity contribution in [3.8, 4) is 0 Å². The van der Waals surface area contributed by atoms with Gasteiger partial charge in [0.1, 0.15) is 0 Å². The van der Waals surface area contributed by atoms with E-state index in [1.54, 1.807) is 6.92 Å². The van der Waals surface area contributed by atoms with Crippen LogP contribution in [-0.4, -0.2) is 18.2 Å². The Hall–Kier alpha value is -1.29. The molecule has 4 heteroatoms. The summed E-state index contributed by atoms with van der Waals surface area (Å²) in [5.41, 5.74) is 3.39.